The van der Waals surface area contributed by atoms with Crippen molar-refractivity contribution in [2.75, 3.05) is 0 Å². The lowest BCUT2D eigenvalue weighted by atomic mass is 10.1. The van der Waals surface area contributed by atoms with Crippen molar-refractivity contribution in [2.24, 2.45) is 11.8 Å². The second kappa shape index (κ2) is 3.13. The van der Waals surface area contributed by atoms with E-state index in [9.17, 15) is 0 Å². The fourth-order valence-corrected chi connectivity index (χ4v) is 2.42. The normalized spacial score (nSPS) is 31.6. The van der Waals surface area contributed by atoms with E-state index in [4.69, 9.17) is 0 Å². The van der Waals surface area contributed by atoms with Gasteiger partial charge in [0.25, 0.3) is 0 Å². The molecule has 0 saturated heterocycles. The van der Waals surface area contributed by atoms with E-state index >= 15 is 0 Å². The topological polar surface area (TPSA) is 0 Å². The van der Waals surface area contributed by atoms with Gasteiger partial charge < -0.3 is 0 Å². The zero-order valence-electron chi connectivity index (χ0n) is 8.19. The Morgan fingerprint density at radius 1 is 1.14 bits per heavy atom. The highest BCUT2D eigenvalue weighted by Gasteiger charge is 2.42. The summed E-state index contributed by atoms with van der Waals surface area (Å²) in [7, 11) is 0. The van der Waals surface area contributed by atoms with Crippen molar-refractivity contribution in [1.82, 2.24) is 0 Å². The van der Waals surface area contributed by atoms with Crippen LogP contribution in [0.15, 0.2) is 48.1 Å². The van der Waals surface area contributed by atoms with Crippen LogP contribution in [0.1, 0.15) is 18.4 Å². The fraction of sp³-hybridized carbons (Fsp3) is 0.286. The fourth-order valence-electron chi connectivity index (χ4n) is 2.42. The number of benzene rings is 1. The van der Waals surface area contributed by atoms with Crippen molar-refractivity contribution in [3.05, 3.63) is 53.6 Å². The van der Waals surface area contributed by atoms with Gasteiger partial charge in [-0.25, -0.2) is 0 Å². The zero-order valence-corrected chi connectivity index (χ0v) is 8.19. The van der Waals surface area contributed by atoms with Crippen LogP contribution < -0.4 is 0 Å². The molecule has 0 aromatic heterocycles. The van der Waals surface area contributed by atoms with Crippen molar-refractivity contribution in [2.45, 2.75) is 12.8 Å². The Hall–Kier alpha value is -1.30. The largest absolute Gasteiger partial charge is 0.0879 e. The lowest BCUT2D eigenvalue weighted by Gasteiger charge is -1.96. The van der Waals surface area contributed by atoms with E-state index in [1.807, 2.05) is 0 Å². The molecule has 1 aromatic carbocycles. The van der Waals surface area contributed by atoms with Gasteiger partial charge in [0.2, 0.25) is 0 Å². The quantitative estimate of drug-likeness (QED) is 0.581. The molecule has 0 radical (unpaired) electrons. The van der Waals surface area contributed by atoms with Crippen molar-refractivity contribution in [3.63, 3.8) is 0 Å². The molecule has 0 aliphatic heterocycles. The van der Waals surface area contributed by atoms with Gasteiger partial charge in [0, 0.05) is 5.92 Å². The summed E-state index contributed by atoms with van der Waals surface area (Å²) < 4.78 is 0. The predicted octanol–water partition coefficient (Wildman–Crippen LogP) is 3.67. The molecule has 0 amide bonds. The minimum atomic E-state index is 0.781. The van der Waals surface area contributed by atoms with Gasteiger partial charge >= 0.3 is 0 Å². The maximum atomic E-state index is 2.38. The Morgan fingerprint density at radius 2 is 2.00 bits per heavy atom. The van der Waals surface area contributed by atoms with E-state index in [0.717, 1.165) is 11.8 Å². The molecule has 0 unspecified atom stereocenters. The van der Waals surface area contributed by atoms with Crippen LogP contribution in [0.4, 0.5) is 0 Å². The minimum Gasteiger partial charge on any atom is -0.0879 e. The van der Waals surface area contributed by atoms with Crippen molar-refractivity contribution >= 4 is 6.08 Å². The SMILES string of the molecule is C1=C[C@H]2/C(=C/c3ccccc3)[C@H]2CC1. The summed E-state index contributed by atoms with van der Waals surface area (Å²) in [5.74, 6) is 1.66. The number of hydrogen-bond acceptors (Lipinski definition) is 0. The molecule has 0 nitrogen and oxygen atoms in total. The van der Waals surface area contributed by atoms with Gasteiger partial charge in [0.05, 0.1) is 0 Å². The maximum absolute atomic E-state index is 2.38. The lowest BCUT2D eigenvalue weighted by Crippen LogP contribution is -1.83. The number of fused-ring (bicyclic) bond motifs is 1. The van der Waals surface area contributed by atoms with Gasteiger partial charge in [-0.15, -0.1) is 0 Å². The molecule has 0 heteroatoms. The molecule has 0 bridgehead atoms. The molecule has 1 aromatic rings. The summed E-state index contributed by atoms with van der Waals surface area (Å²) in [6.07, 6.45) is 9.70. The van der Waals surface area contributed by atoms with Crippen LogP contribution in [0.3, 0.4) is 0 Å². The Balaban J connectivity index is 1.85. The van der Waals surface area contributed by atoms with Gasteiger partial charge in [0.1, 0.15) is 0 Å². The van der Waals surface area contributed by atoms with Crippen LogP contribution in [0.2, 0.25) is 0 Å². The van der Waals surface area contributed by atoms with Crippen LogP contribution in [-0.2, 0) is 0 Å². The Labute approximate surface area is 85.0 Å². The summed E-state index contributed by atoms with van der Waals surface area (Å²) in [5.41, 5.74) is 3.00. The molecule has 70 valence electrons. The summed E-state index contributed by atoms with van der Waals surface area (Å²) in [6.45, 7) is 0. The first-order valence-electron chi connectivity index (χ1n) is 5.38. The van der Waals surface area contributed by atoms with Gasteiger partial charge in [-0.2, -0.15) is 0 Å². The van der Waals surface area contributed by atoms with E-state index in [2.05, 4.69) is 48.6 Å². The molecule has 0 heterocycles. The molecule has 0 spiro atoms. The maximum Gasteiger partial charge on any atom is 0.00491 e. The predicted molar refractivity (Wildman–Crippen MR) is 59.8 cm³/mol. The van der Waals surface area contributed by atoms with Crippen molar-refractivity contribution < 1.29 is 0 Å². The second-order valence-corrected chi connectivity index (χ2v) is 4.19. The molecule has 0 N–H and O–H groups in total. The molecule has 14 heavy (non-hydrogen) atoms. The molecule has 2 atom stereocenters. The second-order valence-electron chi connectivity index (χ2n) is 4.19. The van der Waals surface area contributed by atoms with Gasteiger partial charge in [-0.1, -0.05) is 54.1 Å². The minimum absolute atomic E-state index is 0.781. The zero-order chi connectivity index (χ0) is 9.38. The lowest BCUT2D eigenvalue weighted by molar-refractivity contribution is 0.689. The number of rotatable bonds is 1. The van der Waals surface area contributed by atoms with Crippen LogP contribution in [-0.4, -0.2) is 0 Å². The average Bonchev–Trinajstić information content (AvgIpc) is 2.94. The monoisotopic (exact) mass is 182 g/mol. The smallest absolute Gasteiger partial charge is 0.00491 e. The molecule has 1 saturated carbocycles. The van der Waals surface area contributed by atoms with Crippen LogP contribution in [0, 0.1) is 11.8 Å². The van der Waals surface area contributed by atoms with E-state index < -0.39 is 0 Å². The Bertz CT molecular complexity index is 384. The third-order valence-corrected chi connectivity index (χ3v) is 3.26. The standard InChI is InChI=1S/C14H14/c1-2-6-11(7-3-1)10-14-12-8-4-5-9-13(12)14/h1-4,6-8,10,12-13H,5,9H2/b14-10-/t12-,13+/m1/s1. The molecule has 2 aliphatic carbocycles. The van der Waals surface area contributed by atoms with Gasteiger partial charge in [0.15, 0.2) is 0 Å². The molecule has 1 fully saturated rings. The Kier molecular flexibility index (Phi) is 1.80. The first-order chi connectivity index (χ1) is 6.95. The first-order valence-corrected chi connectivity index (χ1v) is 5.38. The van der Waals surface area contributed by atoms with Crippen molar-refractivity contribution in [1.29, 1.82) is 0 Å². The highest BCUT2D eigenvalue weighted by atomic mass is 14.5. The van der Waals surface area contributed by atoms with Gasteiger partial charge in [-0.3, -0.25) is 0 Å². The Morgan fingerprint density at radius 3 is 2.71 bits per heavy atom. The van der Waals surface area contributed by atoms with E-state index in [0.29, 0.717) is 0 Å². The van der Waals surface area contributed by atoms with Crippen LogP contribution >= 0.6 is 0 Å². The molecule has 3 rings (SSSR count). The molecular formula is C14H14. The highest BCUT2D eigenvalue weighted by molar-refractivity contribution is 5.60. The summed E-state index contributed by atoms with van der Waals surface area (Å²) >= 11 is 0. The third kappa shape index (κ3) is 1.31. The number of hydrogen-bond donors (Lipinski definition) is 0. The molecule has 2 aliphatic rings. The van der Waals surface area contributed by atoms with Crippen molar-refractivity contribution in [3.8, 4) is 0 Å². The van der Waals surface area contributed by atoms with E-state index in [-0.39, 0.29) is 0 Å². The average molecular weight is 182 g/mol. The summed E-state index contributed by atoms with van der Waals surface area (Å²) in [4.78, 5) is 0. The summed E-state index contributed by atoms with van der Waals surface area (Å²) in [5, 5.41) is 0. The number of allylic oxidation sites excluding steroid dienone is 3. The first kappa shape index (κ1) is 8.05. The highest BCUT2D eigenvalue weighted by Crippen LogP contribution is 2.52. The van der Waals surface area contributed by atoms with E-state index in [1.165, 1.54) is 18.4 Å². The van der Waals surface area contributed by atoms with Crippen LogP contribution in [0.5, 0.6) is 0 Å². The molecular weight excluding hydrogens is 168 g/mol. The summed E-state index contributed by atoms with van der Waals surface area (Å²) in [6, 6.07) is 10.6. The van der Waals surface area contributed by atoms with Gasteiger partial charge in [-0.05, 0) is 24.3 Å². The van der Waals surface area contributed by atoms with Crippen LogP contribution in [0.25, 0.3) is 6.08 Å². The van der Waals surface area contributed by atoms with E-state index in [1.54, 1.807) is 5.57 Å². The third-order valence-electron chi connectivity index (χ3n) is 3.26.